The lowest BCUT2D eigenvalue weighted by molar-refractivity contribution is 0.279. The Kier molecular flexibility index (Phi) is 3.27. The second-order valence-electron chi connectivity index (χ2n) is 4.36. The Labute approximate surface area is 86.4 Å². The fourth-order valence-corrected chi connectivity index (χ4v) is 2.56. The van der Waals surface area contributed by atoms with Crippen LogP contribution in [-0.2, 0) is 0 Å². The van der Waals surface area contributed by atoms with Crippen LogP contribution >= 0.6 is 0 Å². The molecule has 0 radical (unpaired) electrons. The van der Waals surface area contributed by atoms with Crippen LogP contribution in [0.2, 0.25) is 0 Å². The summed E-state index contributed by atoms with van der Waals surface area (Å²) in [6, 6.07) is 0.665. The number of rotatable bonds is 2. The third-order valence-corrected chi connectivity index (χ3v) is 3.43. The molecule has 0 saturated heterocycles. The van der Waals surface area contributed by atoms with E-state index in [1.54, 1.807) is 0 Å². The maximum absolute atomic E-state index is 4.39. The molecule has 0 bridgehead atoms. The van der Waals surface area contributed by atoms with Crippen LogP contribution in [0, 0.1) is 5.92 Å². The van der Waals surface area contributed by atoms with Gasteiger partial charge in [-0.15, -0.1) is 0 Å². The van der Waals surface area contributed by atoms with Crippen molar-refractivity contribution in [1.29, 1.82) is 0 Å². The molecule has 2 rings (SSSR count). The maximum atomic E-state index is 4.39. The molecule has 2 atom stereocenters. The summed E-state index contributed by atoms with van der Waals surface area (Å²) in [4.78, 5) is 4.39. The first-order valence-corrected chi connectivity index (χ1v) is 5.95. The quantitative estimate of drug-likeness (QED) is 0.700. The second kappa shape index (κ2) is 4.67. The third-order valence-electron chi connectivity index (χ3n) is 3.43. The van der Waals surface area contributed by atoms with Gasteiger partial charge in [-0.25, -0.2) is 0 Å². The molecular weight excluding hydrogens is 174 g/mol. The molecule has 3 nitrogen and oxygen atoms in total. The summed E-state index contributed by atoms with van der Waals surface area (Å²) in [7, 11) is 0. The number of aliphatic imine (C=N–C) groups is 1. The molecular formula is C11H21N3. The SMILES string of the molecule is CC[C@@H]1CCCC[C@H]1NC1=NCCN1. The minimum Gasteiger partial charge on any atom is -0.355 e. The van der Waals surface area contributed by atoms with E-state index in [1.165, 1.54) is 32.1 Å². The molecule has 1 fully saturated rings. The minimum absolute atomic E-state index is 0.665. The van der Waals surface area contributed by atoms with E-state index in [1.807, 2.05) is 0 Å². The number of hydrogen-bond acceptors (Lipinski definition) is 3. The zero-order chi connectivity index (χ0) is 9.80. The first kappa shape index (κ1) is 9.81. The fraction of sp³-hybridized carbons (Fsp3) is 0.909. The molecule has 1 aliphatic carbocycles. The van der Waals surface area contributed by atoms with Crippen LogP contribution in [0.4, 0.5) is 0 Å². The molecule has 0 spiro atoms. The van der Waals surface area contributed by atoms with Gasteiger partial charge in [0.15, 0.2) is 5.96 Å². The first-order valence-electron chi connectivity index (χ1n) is 5.95. The van der Waals surface area contributed by atoms with Gasteiger partial charge in [0.05, 0.1) is 6.54 Å². The van der Waals surface area contributed by atoms with Crippen molar-refractivity contribution in [3.05, 3.63) is 0 Å². The van der Waals surface area contributed by atoms with Crippen molar-refractivity contribution in [2.24, 2.45) is 10.9 Å². The molecule has 0 amide bonds. The van der Waals surface area contributed by atoms with E-state index in [0.717, 1.165) is 25.0 Å². The molecule has 2 aliphatic rings. The van der Waals surface area contributed by atoms with Crippen LogP contribution < -0.4 is 10.6 Å². The van der Waals surface area contributed by atoms with E-state index in [0.29, 0.717) is 6.04 Å². The topological polar surface area (TPSA) is 36.4 Å². The van der Waals surface area contributed by atoms with E-state index in [4.69, 9.17) is 0 Å². The molecule has 0 aromatic heterocycles. The monoisotopic (exact) mass is 195 g/mol. The number of guanidine groups is 1. The number of hydrogen-bond donors (Lipinski definition) is 2. The smallest absolute Gasteiger partial charge is 0.191 e. The lowest BCUT2D eigenvalue weighted by Crippen LogP contribution is -2.45. The van der Waals surface area contributed by atoms with Gasteiger partial charge in [0.2, 0.25) is 0 Å². The standard InChI is InChI=1S/C11H21N3/c1-2-9-5-3-4-6-10(9)14-11-12-7-8-13-11/h9-10H,2-8H2,1H3,(H2,12,13,14)/t9-,10-/m1/s1. The summed E-state index contributed by atoms with van der Waals surface area (Å²) in [6.45, 7) is 4.24. The highest BCUT2D eigenvalue weighted by atomic mass is 15.2. The summed E-state index contributed by atoms with van der Waals surface area (Å²) in [5.74, 6) is 1.89. The highest BCUT2D eigenvalue weighted by Crippen LogP contribution is 2.26. The Morgan fingerprint density at radius 3 is 3.00 bits per heavy atom. The normalized spacial score (nSPS) is 32.2. The summed E-state index contributed by atoms with van der Waals surface area (Å²) in [5, 5.41) is 6.85. The average molecular weight is 195 g/mol. The molecule has 3 heteroatoms. The molecule has 14 heavy (non-hydrogen) atoms. The predicted molar refractivity (Wildman–Crippen MR) is 59.5 cm³/mol. The van der Waals surface area contributed by atoms with Gasteiger partial charge in [-0.3, -0.25) is 4.99 Å². The molecule has 0 aromatic rings. The van der Waals surface area contributed by atoms with Crippen molar-refractivity contribution < 1.29 is 0 Å². The minimum atomic E-state index is 0.665. The van der Waals surface area contributed by atoms with Gasteiger partial charge in [0.25, 0.3) is 0 Å². The summed E-state index contributed by atoms with van der Waals surface area (Å²) < 4.78 is 0. The van der Waals surface area contributed by atoms with Gasteiger partial charge in [-0.1, -0.05) is 26.2 Å². The first-order chi connectivity index (χ1) is 6.90. The molecule has 1 aliphatic heterocycles. The highest BCUT2D eigenvalue weighted by Gasteiger charge is 2.24. The van der Waals surface area contributed by atoms with Gasteiger partial charge in [0, 0.05) is 12.6 Å². The van der Waals surface area contributed by atoms with Gasteiger partial charge < -0.3 is 10.6 Å². The summed E-state index contributed by atoms with van der Waals surface area (Å²) in [6.07, 6.45) is 6.80. The molecule has 1 heterocycles. The van der Waals surface area contributed by atoms with Crippen molar-refractivity contribution in [3.8, 4) is 0 Å². The Morgan fingerprint density at radius 1 is 1.43 bits per heavy atom. The summed E-state index contributed by atoms with van der Waals surface area (Å²) >= 11 is 0. The van der Waals surface area contributed by atoms with Crippen LogP contribution in [0.15, 0.2) is 4.99 Å². The van der Waals surface area contributed by atoms with Crippen LogP contribution in [0.25, 0.3) is 0 Å². The van der Waals surface area contributed by atoms with E-state index < -0.39 is 0 Å². The Balaban J connectivity index is 1.87. The Morgan fingerprint density at radius 2 is 2.29 bits per heavy atom. The summed E-state index contributed by atoms with van der Waals surface area (Å²) in [5.41, 5.74) is 0. The van der Waals surface area contributed by atoms with Crippen molar-refractivity contribution >= 4 is 5.96 Å². The highest BCUT2D eigenvalue weighted by molar-refractivity contribution is 5.81. The van der Waals surface area contributed by atoms with Crippen LogP contribution in [0.5, 0.6) is 0 Å². The predicted octanol–water partition coefficient (Wildman–Crippen LogP) is 1.50. The van der Waals surface area contributed by atoms with Gasteiger partial charge in [-0.05, 0) is 18.8 Å². The fourth-order valence-electron chi connectivity index (χ4n) is 2.56. The van der Waals surface area contributed by atoms with Crippen LogP contribution in [0.1, 0.15) is 39.0 Å². The van der Waals surface area contributed by atoms with Crippen molar-refractivity contribution in [2.75, 3.05) is 13.1 Å². The van der Waals surface area contributed by atoms with Crippen LogP contribution in [-0.4, -0.2) is 25.1 Å². The molecule has 80 valence electrons. The molecule has 0 unspecified atom stereocenters. The van der Waals surface area contributed by atoms with Crippen LogP contribution in [0.3, 0.4) is 0 Å². The van der Waals surface area contributed by atoms with E-state index in [2.05, 4.69) is 22.5 Å². The maximum Gasteiger partial charge on any atom is 0.191 e. The molecule has 1 saturated carbocycles. The molecule has 0 aromatic carbocycles. The van der Waals surface area contributed by atoms with Crippen molar-refractivity contribution in [2.45, 2.75) is 45.1 Å². The van der Waals surface area contributed by atoms with Gasteiger partial charge in [0.1, 0.15) is 0 Å². The van der Waals surface area contributed by atoms with E-state index in [9.17, 15) is 0 Å². The van der Waals surface area contributed by atoms with E-state index in [-0.39, 0.29) is 0 Å². The number of nitrogens with zero attached hydrogens (tertiary/aromatic N) is 1. The van der Waals surface area contributed by atoms with Gasteiger partial charge in [-0.2, -0.15) is 0 Å². The van der Waals surface area contributed by atoms with Crippen molar-refractivity contribution in [1.82, 2.24) is 10.6 Å². The second-order valence-corrected chi connectivity index (χ2v) is 4.36. The lowest BCUT2D eigenvalue weighted by Gasteiger charge is -2.32. The Hall–Kier alpha value is -0.730. The lowest BCUT2D eigenvalue weighted by atomic mass is 9.83. The largest absolute Gasteiger partial charge is 0.355 e. The molecule has 2 N–H and O–H groups in total. The average Bonchev–Trinajstić information content (AvgIpc) is 2.71. The zero-order valence-electron chi connectivity index (χ0n) is 9.05. The van der Waals surface area contributed by atoms with Gasteiger partial charge >= 0.3 is 0 Å². The number of nitrogens with one attached hydrogen (secondary N) is 2. The third kappa shape index (κ3) is 2.20. The Bertz CT molecular complexity index is 213. The van der Waals surface area contributed by atoms with Crippen molar-refractivity contribution in [3.63, 3.8) is 0 Å². The van der Waals surface area contributed by atoms with E-state index >= 15 is 0 Å². The zero-order valence-corrected chi connectivity index (χ0v) is 9.05.